The minimum absolute atomic E-state index is 0.0774. The Morgan fingerprint density at radius 2 is 1.77 bits per heavy atom. The topological polar surface area (TPSA) is 58.6 Å². The molecule has 5 rings (SSSR count). The van der Waals surface area contributed by atoms with Gasteiger partial charge >= 0.3 is 0 Å². The molecule has 2 aromatic carbocycles. The lowest BCUT2D eigenvalue weighted by molar-refractivity contribution is -0.122. The molecule has 31 heavy (non-hydrogen) atoms. The molecule has 2 aliphatic heterocycles. The molecule has 1 atom stereocenters. The van der Waals surface area contributed by atoms with Crippen molar-refractivity contribution in [2.45, 2.75) is 56.1 Å². The van der Waals surface area contributed by atoms with Gasteiger partial charge in [-0.2, -0.15) is 0 Å². The molecule has 5 nitrogen and oxygen atoms in total. The summed E-state index contributed by atoms with van der Waals surface area (Å²) >= 11 is 0. The number of para-hydroxylation sites is 1. The molecular formula is C25H27FN2O3. The van der Waals surface area contributed by atoms with Crippen LogP contribution in [0.15, 0.2) is 48.5 Å². The van der Waals surface area contributed by atoms with E-state index < -0.39 is 0 Å². The van der Waals surface area contributed by atoms with Crippen molar-refractivity contribution >= 4 is 11.8 Å². The number of carbonyl (C=O) groups excluding carboxylic acids is 2. The minimum Gasteiger partial charge on any atom is -0.487 e. The Labute approximate surface area is 181 Å². The van der Waals surface area contributed by atoms with Crippen molar-refractivity contribution < 1.29 is 18.7 Å². The minimum atomic E-state index is -0.363. The van der Waals surface area contributed by atoms with Gasteiger partial charge in [0.25, 0.3) is 5.91 Å². The first kappa shape index (κ1) is 20.0. The number of fused-ring (bicyclic) bond motifs is 1. The Balaban J connectivity index is 1.29. The Bertz CT molecular complexity index is 979. The number of ether oxygens (including phenoxy) is 1. The molecule has 1 aliphatic carbocycles. The molecule has 3 aliphatic rings. The van der Waals surface area contributed by atoms with Gasteiger partial charge in [-0.1, -0.05) is 18.2 Å². The number of rotatable bonds is 4. The molecule has 1 N–H and O–H groups in total. The normalized spacial score (nSPS) is 21.8. The monoisotopic (exact) mass is 422 g/mol. The standard InChI is InChI=1S/C25H27FN2O3/c26-19-7-5-17(6-8-19)24(30)28-13-11-25(12-14-28)16-18(15-23(29)27-20-9-10-20)21-3-1-2-4-22(21)31-25/h1-8,18,20H,9-16H2,(H,27,29). The molecule has 1 saturated carbocycles. The van der Waals surface area contributed by atoms with E-state index in [1.54, 1.807) is 0 Å². The fourth-order valence-corrected chi connectivity index (χ4v) is 4.86. The molecule has 2 amide bonds. The largest absolute Gasteiger partial charge is 0.487 e. The first-order valence-electron chi connectivity index (χ1n) is 11.1. The van der Waals surface area contributed by atoms with Gasteiger partial charge in [-0.05, 0) is 55.2 Å². The van der Waals surface area contributed by atoms with E-state index in [4.69, 9.17) is 4.74 Å². The van der Waals surface area contributed by atoms with E-state index >= 15 is 0 Å². The molecule has 0 radical (unpaired) electrons. The van der Waals surface area contributed by atoms with Crippen LogP contribution in [0.4, 0.5) is 4.39 Å². The predicted octanol–water partition coefficient (Wildman–Crippen LogP) is 4.04. The van der Waals surface area contributed by atoms with E-state index in [9.17, 15) is 14.0 Å². The summed E-state index contributed by atoms with van der Waals surface area (Å²) in [5.41, 5.74) is 1.24. The summed E-state index contributed by atoms with van der Waals surface area (Å²) in [6.07, 6.45) is 4.84. The average molecular weight is 423 g/mol. The van der Waals surface area contributed by atoms with Gasteiger partial charge in [0.2, 0.25) is 5.91 Å². The van der Waals surface area contributed by atoms with Crippen LogP contribution in [0.25, 0.3) is 0 Å². The van der Waals surface area contributed by atoms with Gasteiger partial charge in [-0.15, -0.1) is 0 Å². The molecular weight excluding hydrogens is 395 g/mol. The Hall–Kier alpha value is -2.89. The fourth-order valence-electron chi connectivity index (χ4n) is 4.86. The maximum atomic E-state index is 13.2. The number of likely N-dealkylation sites (tertiary alicyclic amines) is 1. The van der Waals surface area contributed by atoms with Gasteiger partial charge < -0.3 is 15.0 Å². The van der Waals surface area contributed by atoms with E-state index in [0.29, 0.717) is 31.1 Å². The zero-order valence-corrected chi connectivity index (χ0v) is 17.5. The summed E-state index contributed by atoms with van der Waals surface area (Å²) in [6, 6.07) is 14.1. The highest BCUT2D eigenvalue weighted by molar-refractivity contribution is 5.94. The van der Waals surface area contributed by atoms with Crippen molar-refractivity contribution in [1.29, 1.82) is 0 Å². The second kappa shape index (κ2) is 7.98. The number of amides is 2. The van der Waals surface area contributed by atoms with Crippen LogP contribution in [0.5, 0.6) is 5.75 Å². The Morgan fingerprint density at radius 3 is 2.48 bits per heavy atom. The van der Waals surface area contributed by atoms with Crippen LogP contribution in [-0.2, 0) is 4.79 Å². The average Bonchev–Trinajstić information content (AvgIpc) is 3.58. The third kappa shape index (κ3) is 4.29. The van der Waals surface area contributed by atoms with Crippen LogP contribution >= 0.6 is 0 Å². The maximum Gasteiger partial charge on any atom is 0.253 e. The predicted molar refractivity (Wildman–Crippen MR) is 114 cm³/mol. The SMILES string of the molecule is O=C(CC1CC2(CCN(C(=O)c3ccc(F)cc3)CC2)Oc2ccccc21)NC1CC1. The van der Waals surface area contributed by atoms with Crippen LogP contribution < -0.4 is 10.1 Å². The van der Waals surface area contributed by atoms with Gasteiger partial charge in [-0.3, -0.25) is 9.59 Å². The molecule has 0 aromatic heterocycles. The van der Waals surface area contributed by atoms with Gasteiger partial charge in [0.1, 0.15) is 17.2 Å². The fraction of sp³-hybridized carbons (Fsp3) is 0.440. The number of piperidine rings is 1. The van der Waals surface area contributed by atoms with E-state index in [2.05, 4.69) is 11.4 Å². The molecule has 2 fully saturated rings. The van der Waals surface area contributed by atoms with Crippen LogP contribution in [0.2, 0.25) is 0 Å². The quantitative estimate of drug-likeness (QED) is 0.809. The number of benzene rings is 2. The second-order valence-electron chi connectivity index (χ2n) is 9.07. The lowest BCUT2D eigenvalue weighted by atomic mass is 9.76. The third-order valence-electron chi connectivity index (χ3n) is 6.73. The molecule has 1 unspecified atom stereocenters. The Morgan fingerprint density at radius 1 is 1.06 bits per heavy atom. The van der Waals surface area contributed by atoms with Crippen LogP contribution in [0, 0.1) is 5.82 Å². The van der Waals surface area contributed by atoms with Gasteiger partial charge in [0, 0.05) is 49.9 Å². The highest BCUT2D eigenvalue weighted by Gasteiger charge is 2.44. The maximum absolute atomic E-state index is 13.2. The number of hydrogen-bond donors (Lipinski definition) is 1. The molecule has 0 bridgehead atoms. The zero-order chi connectivity index (χ0) is 21.4. The van der Waals surface area contributed by atoms with E-state index in [0.717, 1.165) is 43.4 Å². The van der Waals surface area contributed by atoms with Crippen molar-refractivity contribution in [3.05, 3.63) is 65.5 Å². The summed E-state index contributed by atoms with van der Waals surface area (Å²) in [7, 11) is 0. The third-order valence-corrected chi connectivity index (χ3v) is 6.73. The van der Waals surface area contributed by atoms with Gasteiger partial charge in [0.05, 0.1) is 0 Å². The molecule has 2 aromatic rings. The van der Waals surface area contributed by atoms with Crippen molar-refractivity contribution in [2.75, 3.05) is 13.1 Å². The lowest BCUT2D eigenvalue weighted by Gasteiger charge is -2.47. The van der Waals surface area contributed by atoms with Gasteiger partial charge in [0.15, 0.2) is 0 Å². The second-order valence-corrected chi connectivity index (χ2v) is 9.07. The molecule has 1 saturated heterocycles. The molecule has 1 spiro atoms. The first-order chi connectivity index (χ1) is 15.0. The smallest absolute Gasteiger partial charge is 0.253 e. The zero-order valence-electron chi connectivity index (χ0n) is 17.5. The molecule has 2 heterocycles. The van der Waals surface area contributed by atoms with Crippen molar-refractivity contribution in [3.63, 3.8) is 0 Å². The number of nitrogens with one attached hydrogen (secondary N) is 1. The van der Waals surface area contributed by atoms with Crippen molar-refractivity contribution in [3.8, 4) is 5.75 Å². The van der Waals surface area contributed by atoms with Crippen LogP contribution in [-0.4, -0.2) is 41.4 Å². The Kier molecular flexibility index (Phi) is 5.16. The van der Waals surface area contributed by atoms with Crippen LogP contribution in [0.1, 0.15) is 60.4 Å². The highest BCUT2D eigenvalue weighted by Crippen LogP contribution is 2.46. The molecule has 162 valence electrons. The van der Waals surface area contributed by atoms with Crippen LogP contribution in [0.3, 0.4) is 0 Å². The van der Waals surface area contributed by atoms with Crippen molar-refractivity contribution in [2.24, 2.45) is 0 Å². The van der Waals surface area contributed by atoms with E-state index in [-0.39, 0.29) is 29.2 Å². The summed E-state index contributed by atoms with van der Waals surface area (Å²) < 4.78 is 19.7. The lowest BCUT2D eigenvalue weighted by Crippen LogP contribution is -2.52. The number of hydrogen-bond acceptors (Lipinski definition) is 3. The number of halogens is 1. The molecule has 6 heteroatoms. The van der Waals surface area contributed by atoms with Crippen molar-refractivity contribution in [1.82, 2.24) is 10.2 Å². The number of carbonyl (C=O) groups is 2. The van der Waals surface area contributed by atoms with Gasteiger partial charge in [-0.25, -0.2) is 4.39 Å². The summed E-state index contributed by atoms with van der Waals surface area (Å²) in [6.45, 7) is 1.17. The van der Waals surface area contributed by atoms with E-state index in [1.165, 1.54) is 24.3 Å². The summed E-state index contributed by atoms with van der Waals surface area (Å²) in [5.74, 6) is 0.661. The highest BCUT2D eigenvalue weighted by atomic mass is 19.1. The number of nitrogens with zero attached hydrogens (tertiary/aromatic N) is 1. The summed E-state index contributed by atoms with van der Waals surface area (Å²) in [4.78, 5) is 27.2. The first-order valence-corrected chi connectivity index (χ1v) is 11.1. The summed E-state index contributed by atoms with van der Waals surface area (Å²) in [5, 5.41) is 3.11. The van der Waals surface area contributed by atoms with E-state index in [1.807, 2.05) is 23.1 Å².